The van der Waals surface area contributed by atoms with Crippen molar-refractivity contribution in [2.24, 2.45) is 7.05 Å². The molecule has 42 heavy (non-hydrogen) atoms. The first-order chi connectivity index (χ1) is 20.4. The monoisotopic (exact) mass is 626 g/mol. The van der Waals surface area contributed by atoms with Crippen LogP contribution < -0.4 is 10.9 Å². The zero-order chi connectivity index (χ0) is 29.2. The predicted molar refractivity (Wildman–Crippen MR) is 171 cm³/mol. The van der Waals surface area contributed by atoms with E-state index in [4.69, 9.17) is 0 Å². The molecule has 3 aromatic carbocycles. The molecule has 1 unspecified atom stereocenters. The maximum absolute atomic E-state index is 14.0. The average molecular weight is 628 g/mol. The van der Waals surface area contributed by atoms with Gasteiger partial charge in [-0.25, -0.2) is 4.79 Å². The van der Waals surface area contributed by atoms with E-state index in [0.29, 0.717) is 29.4 Å². The van der Waals surface area contributed by atoms with Gasteiger partial charge in [0.1, 0.15) is 5.75 Å². The number of fused-ring (bicyclic) bond motifs is 2. The molecule has 1 saturated heterocycles. The number of urea groups is 1. The van der Waals surface area contributed by atoms with E-state index >= 15 is 0 Å². The number of H-pyrrole nitrogens is 1. The number of likely N-dealkylation sites (tertiary alicyclic amines) is 1. The van der Waals surface area contributed by atoms with Crippen LogP contribution >= 0.6 is 15.9 Å². The molecule has 2 amide bonds. The first kappa shape index (κ1) is 28.1. The van der Waals surface area contributed by atoms with Crippen LogP contribution in [0.5, 0.6) is 5.75 Å². The number of rotatable bonds is 7. The van der Waals surface area contributed by atoms with Crippen LogP contribution in [0.1, 0.15) is 54.0 Å². The van der Waals surface area contributed by atoms with Crippen molar-refractivity contribution in [1.82, 2.24) is 19.8 Å². The Morgan fingerprint density at radius 2 is 1.74 bits per heavy atom. The lowest BCUT2D eigenvalue weighted by molar-refractivity contribution is 0.186. The number of amides is 2. The van der Waals surface area contributed by atoms with Gasteiger partial charge in [0.15, 0.2) is 0 Å². The summed E-state index contributed by atoms with van der Waals surface area (Å²) in [6.07, 6.45) is 4.73. The summed E-state index contributed by atoms with van der Waals surface area (Å²) in [7, 11) is 1.75. The number of aryl methyl sites for hydroxylation is 2. The number of halogens is 1. The van der Waals surface area contributed by atoms with E-state index in [1.54, 1.807) is 11.6 Å². The topological polar surface area (TPSA) is 90.4 Å². The van der Waals surface area contributed by atoms with Crippen LogP contribution in [0.3, 0.4) is 0 Å². The zero-order valence-electron chi connectivity index (χ0n) is 23.7. The maximum Gasteiger partial charge on any atom is 0.317 e. The normalized spacial score (nSPS) is 14.4. The summed E-state index contributed by atoms with van der Waals surface area (Å²) in [6, 6.07) is 23.5. The molecule has 0 saturated carbocycles. The van der Waals surface area contributed by atoms with Crippen LogP contribution in [0, 0.1) is 0 Å². The van der Waals surface area contributed by atoms with Crippen molar-refractivity contribution in [3.05, 3.63) is 110 Å². The van der Waals surface area contributed by atoms with Crippen LogP contribution in [0.25, 0.3) is 21.8 Å². The molecule has 8 heteroatoms. The molecule has 3 N–H and O–H groups in total. The Kier molecular flexibility index (Phi) is 8.07. The van der Waals surface area contributed by atoms with E-state index < -0.39 is 5.92 Å². The summed E-state index contributed by atoms with van der Waals surface area (Å²) >= 11 is 3.62. The largest absolute Gasteiger partial charge is 0.507 e. The van der Waals surface area contributed by atoms with Crippen LogP contribution in [-0.2, 0) is 13.5 Å². The molecule has 0 aliphatic carbocycles. The number of carbonyl (C=O) groups is 1. The van der Waals surface area contributed by atoms with Crippen molar-refractivity contribution in [3.63, 3.8) is 0 Å². The minimum atomic E-state index is -0.545. The minimum absolute atomic E-state index is 0.00271. The first-order valence-electron chi connectivity index (χ1n) is 14.6. The van der Waals surface area contributed by atoms with Gasteiger partial charge in [0.05, 0.1) is 17.0 Å². The molecule has 1 fully saturated rings. The second kappa shape index (κ2) is 12.1. The molecular formula is C34H35BrN4O3. The van der Waals surface area contributed by atoms with Gasteiger partial charge in [-0.1, -0.05) is 58.4 Å². The highest BCUT2D eigenvalue weighted by Crippen LogP contribution is 2.41. The van der Waals surface area contributed by atoms with Gasteiger partial charge in [0.2, 0.25) is 0 Å². The lowest BCUT2D eigenvalue weighted by Gasteiger charge is -2.26. The zero-order valence-corrected chi connectivity index (χ0v) is 25.3. The number of hydrogen-bond acceptors (Lipinski definition) is 3. The van der Waals surface area contributed by atoms with E-state index in [2.05, 4.69) is 32.3 Å². The Hall–Kier alpha value is -4.04. The van der Waals surface area contributed by atoms with Gasteiger partial charge < -0.3 is 24.9 Å². The highest BCUT2D eigenvalue weighted by molar-refractivity contribution is 9.10. The molecule has 2 aromatic heterocycles. The van der Waals surface area contributed by atoms with Crippen molar-refractivity contribution in [1.29, 1.82) is 0 Å². The van der Waals surface area contributed by atoms with Gasteiger partial charge >= 0.3 is 6.03 Å². The van der Waals surface area contributed by atoms with E-state index in [0.717, 1.165) is 64.5 Å². The third-order valence-corrected chi connectivity index (χ3v) is 8.93. The average Bonchev–Trinajstić information content (AvgIpc) is 3.38. The second-order valence-electron chi connectivity index (χ2n) is 11.1. The smallest absolute Gasteiger partial charge is 0.317 e. The fourth-order valence-corrected chi connectivity index (χ4v) is 6.75. The molecule has 0 bridgehead atoms. The number of piperidine rings is 1. The van der Waals surface area contributed by atoms with Gasteiger partial charge in [0, 0.05) is 53.1 Å². The minimum Gasteiger partial charge on any atom is -0.507 e. The SMILES string of the molecule is Cn1c(=O)c(C(c2cccc(Br)c2)c2[nH]c3ccccc3c2CCCNC(=O)N2CCCCC2)c(O)c2ccccc21. The van der Waals surface area contributed by atoms with Crippen molar-refractivity contribution in [3.8, 4) is 5.75 Å². The fraction of sp³-hybridized carbons (Fsp3) is 0.294. The van der Waals surface area contributed by atoms with Crippen molar-refractivity contribution >= 4 is 43.8 Å². The Balaban J connectivity index is 1.44. The molecule has 216 valence electrons. The van der Waals surface area contributed by atoms with Gasteiger partial charge in [-0.2, -0.15) is 0 Å². The molecule has 6 rings (SSSR count). The summed E-state index contributed by atoms with van der Waals surface area (Å²) in [5, 5.41) is 16.5. The van der Waals surface area contributed by atoms with Crippen LogP contribution in [-0.4, -0.2) is 45.2 Å². The van der Waals surface area contributed by atoms with E-state index in [1.807, 2.05) is 71.6 Å². The number of hydrogen-bond donors (Lipinski definition) is 3. The van der Waals surface area contributed by atoms with E-state index in [1.165, 1.54) is 6.42 Å². The van der Waals surface area contributed by atoms with Crippen LogP contribution in [0.4, 0.5) is 4.79 Å². The number of aromatic amines is 1. The van der Waals surface area contributed by atoms with Crippen LogP contribution in [0.15, 0.2) is 82.1 Å². The molecule has 1 atom stereocenters. The third kappa shape index (κ3) is 5.31. The molecule has 0 spiro atoms. The van der Waals surface area contributed by atoms with Gasteiger partial charge in [0.25, 0.3) is 5.56 Å². The highest BCUT2D eigenvalue weighted by atomic mass is 79.9. The third-order valence-electron chi connectivity index (χ3n) is 8.44. The lowest BCUT2D eigenvalue weighted by Crippen LogP contribution is -2.43. The van der Waals surface area contributed by atoms with E-state index in [9.17, 15) is 14.7 Å². The van der Waals surface area contributed by atoms with Crippen molar-refractivity contribution in [2.75, 3.05) is 19.6 Å². The number of nitrogens with one attached hydrogen (secondary N) is 2. The first-order valence-corrected chi connectivity index (χ1v) is 15.4. The maximum atomic E-state index is 14.0. The van der Waals surface area contributed by atoms with Crippen LogP contribution in [0.2, 0.25) is 0 Å². The van der Waals surface area contributed by atoms with Gasteiger partial charge in [-0.05, 0) is 73.6 Å². The van der Waals surface area contributed by atoms with Crippen molar-refractivity contribution < 1.29 is 9.90 Å². The molecule has 3 heterocycles. The summed E-state index contributed by atoms with van der Waals surface area (Å²) in [5.41, 5.74) is 4.58. The number of aromatic nitrogens is 2. The van der Waals surface area contributed by atoms with Gasteiger partial charge in [-0.15, -0.1) is 0 Å². The van der Waals surface area contributed by atoms with Gasteiger partial charge in [-0.3, -0.25) is 4.79 Å². The van der Waals surface area contributed by atoms with Crippen molar-refractivity contribution in [2.45, 2.75) is 38.0 Å². The Labute approximate surface area is 253 Å². The lowest BCUT2D eigenvalue weighted by atomic mass is 9.85. The number of aromatic hydroxyl groups is 1. The summed E-state index contributed by atoms with van der Waals surface area (Å²) in [5.74, 6) is -0.548. The highest BCUT2D eigenvalue weighted by Gasteiger charge is 2.30. The number of pyridine rings is 1. The number of nitrogens with zero attached hydrogens (tertiary/aromatic N) is 2. The molecule has 1 aliphatic rings. The number of benzene rings is 3. The molecule has 0 radical (unpaired) electrons. The molecule has 1 aliphatic heterocycles. The summed E-state index contributed by atoms with van der Waals surface area (Å²) in [6.45, 7) is 2.19. The van der Waals surface area contributed by atoms with E-state index in [-0.39, 0.29) is 17.3 Å². The number of para-hydroxylation sites is 2. The Bertz CT molecular complexity index is 1820. The summed E-state index contributed by atoms with van der Waals surface area (Å²) in [4.78, 5) is 32.3. The molecular weight excluding hydrogens is 592 g/mol. The summed E-state index contributed by atoms with van der Waals surface area (Å²) < 4.78 is 2.51. The fourth-order valence-electron chi connectivity index (χ4n) is 6.33. The Morgan fingerprint density at radius 1 is 1.00 bits per heavy atom. The molecule has 5 aromatic rings. The predicted octanol–water partition coefficient (Wildman–Crippen LogP) is 6.80. The number of carbonyl (C=O) groups excluding carboxylic acids is 1. The second-order valence-corrected chi connectivity index (χ2v) is 12.0. The molecule has 7 nitrogen and oxygen atoms in total. The standard InChI is InChI=1S/C34H35BrN4O3/c1-38-28-17-6-4-14-26(28)32(40)30(33(38)41)29(22-11-9-12-23(35)21-22)31-25(24-13-3-5-16-27(24)37-31)15-10-18-36-34(42)39-19-7-2-8-20-39/h3-6,9,11-14,16-17,21,29,37,40H,2,7-8,10,15,18-20H2,1H3,(H,36,42). The quantitative estimate of drug-likeness (QED) is 0.174. The Morgan fingerprint density at radius 3 is 2.52 bits per heavy atom.